The standard InChI is InChI=1S/C16H14N2/c17-13-16(18-15-9-5-2-6-10-15)12-11-14-7-3-1-4-8-14/h1-10,12,18H,11H2/b16-12+. The molecule has 0 aliphatic carbocycles. The summed E-state index contributed by atoms with van der Waals surface area (Å²) in [5.74, 6) is 0. The number of anilines is 1. The van der Waals surface area contributed by atoms with Gasteiger partial charge < -0.3 is 5.32 Å². The molecule has 0 fully saturated rings. The molecule has 0 aliphatic rings. The first-order valence-electron chi connectivity index (χ1n) is 5.85. The van der Waals surface area contributed by atoms with E-state index in [0.29, 0.717) is 5.70 Å². The van der Waals surface area contributed by atoms with Crippen LogP contribution in [0, 0.1) is 11.3 Å². The molecule has 0 spiro atoms. The van der Waals surface area contributed by atoms with Crippen LogP contribution in [0.25, 0.3) is 0 Å². The largest absolute Gasteiger partial charge is 0.347 e. The molecule has 88 valence electrons. The van der Waals surface area contributed by atoms with Crippen molar-refractivity contribution in [1.82, 2.24) is 0 Å². The van der Waals surface area contributed by atoms with Crippen LogP contribution in [0.5, 0.6) is 0 Å². The van der Waals surface area contributed by atoms with E-state index in [4.69, 9.17) is 5.26 Å². The zero-order valence-corrected chi connectivity index (χ0v) is 10.0. The Balaban J connectivity index is 2.04. The molecule has 2 aromatic carbocycles. The average Bonchev–Trinajstić information content (AvgIpc) is 2.45. The van der Waals surface area contributed by atoms with Crippen LogP contribution >= 0.6 is 0 Å². The lowest BCUT2D eigenvalue weighted by Crippen LogP contribution is -1.97. The molecule has 0 amide bonds. The van der Waals surface area contributed by atoms with Crippen LogP contribution in [0.15, 0.2) is 72.4 Å². The maximum Gasteiger partial charge on any atom is 0.117 e. The van der Waals surface area contributed by atoms with E-state index in [1.165, 1.54) is 5.56 Å². The number of hydrogen-bond acceptors (Lipinski definition) is 2. The summed E-state index contributed by atoms with van der Waals surface area (Å²) in [4.78, 5) is 0. The molecule has 0 bridgehead atoms. The summed E-state index contributed by atoms with van der Waals surface area (Å²) in [5, 5.41) is 12.2. The van der Waals surface area contributed by atoms with Crippen molar-refractivity contribution < 1.29 is 0 Å². The molecule has 0 aliphatic heterocycles. The van der Waals surface area contributed by atoms with Crippen molar-refractivity contribution in [3.05, 3.63) is 78.0 Å². The van der Waals surface area contributed by atoms with Crippen LogP contribution in [-0.2, 0) is 6.42 Å². The van der Waals surface area contributed by atoms with Gasteiger partial charge in [-0.3, -0.25) is 0 Å². The SMILES string of the molecule is N#C/C(=C\Cc1ccccc1)Nc1ccccc1. The number of rotatable bonds is 4. The second kappa shape index (κ2) is 6.27. The highest BCUT2D eigenvalue weighted by Crippen LogP contribution is 2.09. The van der Waals surface area contributed by atoms with Crippen LogP contribution in [0.1, 0.15) is 5.56 Å². The highest BCUT2D eigenvalue weighted by Gasteiger charge is 1.96. The van der Waals surface area contributed by atoms with Crippen molar-refractivity contribution in [2.45, 2.75) is 6.42 Å². The minimum atomic E-state index is 0.574. The molecule has 1 N–H and O–H groups in total. The van der Waals surface area contributed by atoms with Gasteiger partial charge in [-0.15, -0.1) is 0 Å². The maximum absolute atomic E-state index is 9.08. The number of nitrogens with one attached hydrogen (secondary N) is 1. The van der Waals surface area contributed by atoms with Gasteiger partial charge in [0.05, 0.1) is 0 Å². The van der Waals surface area contributed by atoms with Crippen molar-refractivity contribution in [3.8, 4) is 6.07 Å². The smallest absolute Gasteiger partial charge is 0.117 e. The molecule has 2 aromatic rings. The Kier molecular flexibility index (Phi) is 4.16. The molecule has 2 heteroatoms. The molecular weight excluding hydrogens is 220 g/mol. The third kappa shape index (κ3) is 3.50. The predicted molar refractivity (Wildman–Crippen MR) is 73.9 cm³/mol. The minimum Gasteiger partial charge on any atom is -0.347 e. The Morgan fingerprint density at radius 3 is 2.22 bits per heavy atom. The summed E-state index contributed by atoms with van der Waals surface area (Å²) in [6.45, 7) is 0. The molecule has 18 heavy (non-hydrogen) atoms. The van der Waals surface area contributed by atoms with Crippen LogP contribution in [-0.4, -0.2) is 0 Å². The topological polar surface area (TPSA) is 35.8 Å². The molecular formula is C16H14N2. The highest BCUT2D eigenvalue weighted by molar-refractivity contribution is 5.51. The van der Waals surface area contributed by atoms with Crippen LogP contribution in [0.2, 0.25) is 0 Å². The lowest BCUT2D eigenvalue weighted by Gasteiger charge is -2.04. The van der Waals surface area contributed by atoms with E-state index in [1.54, 1.807) is 0 Å². The zero-order valence-electron chi connectivity index (χ0n) is 10.0. The molecule has 0 radical (unpaired) electrons. The number of benzene rings is 2. The van der Waals surface area contributed by atoms with Crippen molar-refractivity contribution in [2.75, 3.05) is 5.32 Å². The van der Waals surface area contributed by atoms with Crippen molar-refractivity contribution in [2.24, 2.45) is 0 Å². The van der Waals surface area contributed by atoms with E-state index in [-0.39, 0.29) is 0 Å². The van der Waals surface area contributed by atoms with E-state index in [1.807, 2.05) is 66.7 Å². The summed E-state index contributed by atoms with van der Waals surface area (Å²) in [5.41, 5.74) is 2.70. The second-order valence-corrected chi connectivity index (χ2v) is 3.91. The van der Waals surface area contributed by atoms with E-state index in [9.17, 15) is 0 Å². The first-order chi connectivity index (χ1) is 8.88. The molecule has 0 aromatic heterocycles. The van der Waals surface area contributed by atoms with Crippen molar-refractivity contribution in [3.63, 3.8) is 0 Å². The Bertz CT molecular complexity index is 551. The molecule has 0 saturated heterocycles. The monoisotopic (exact) mass is 234 g/mol. The third-order valence-corrected chi connectivity index (χ3v) is 2.56. The fourth-order valence-electron chi connectivity index (χ4n) is 1.64. The molecule has 0 unspecified atom stereocenters. The van der Waals surface area contributed by atoms with Crippen LogP contribution in [0.4, 0.5) is 5.69 Å². The quantitative estimate of drug-likeness (QED) is 0.818. The maximum atomic E-state index is 9.08. The lowest BCUT2D eigenvalue weighted by atomic mass is 10.1. The zero-order chi connectivity index (χ0) is 12.6. The fraction of sp³-hybridized carbons (Fsp3) is 0.0625. The Hall–Kier alpha value is -2.53. The fourth-order valence-corrected chi connectivity index (χ4v) is 1.64. The van der Waals surface area contributed by atoms with E-state index in [2.05, 4.69) is 11.4 Å². The van der Waals surface area contributed by atoms with E-state index >= 15 is 0 Å². The summed E-state index contributed by atoms with van der Waals surface area (Å²) in [6, 6.07) is 22.0. The van der Waals surface area contributed by atoms with Gasteiger partial charge in [0.2, 0.25) is 0 Å². The van der Waals surface area contributed by atoms with Gasteiger partial charge >= 0.3 is 0 Å². The molecule has 2 nitrogen and oxygen atoms in total. The average molecular weight is 234 g/mol. The van der Waals surface area contributed by atoms with E-state index < -0.39 is 0 Å². The first kappa shape index (κ1) is 11.9. The third-order valence-electron chi connectivity index (χ3n) is 2.56. The summed E-state index contributed by atoms with van der Waals surface area (Å²) >= 11 is 0. The normalized spacial score (nSPS) is 10.7. The van der Waals surface area contributed by atoms with Gasteiger partial charge in [-0.05, 0) is 30.2 Å². The second-order valence-electron chi connectivity index (χ2n) is 3.91. The van der Waals surface area contributed by atoms with Gasteiger partial charge in [-0.2, -0.15) is 5.26 Å². The van der Waals surface area contributed by atoms with Gasteiger partial charge in [-0.25, -0.2) is 0 Å². The highest BCUT2D eigenvalue weighted by atomic mass is 14.9. The Morgan fingerprint density at radius 2 is 1.61 bits per heavy atom. The Morgan fingerprint density at radius 1 is 1.00 bits per heavy atom. The number of allylic oxidation sites excluding steroid dienone is 2. The summed E-state index contributed by atoms with van der Waals surface area (Å²) in [6.07, 6.45) is 2.66. The van der Waals surface area contributed by atoms with Gasteiger partial charge in [0.25, 0.3) is 0 Å². The number of nitrogens with zero attached hydrogens (tertiary/aromatic N) is 1. The number of nitriles is 1. The van der Waals surface area contributed by atoms with Gasteiger partial charge in [0.1, 0.15) is 11.8 Å². The van der Waals surface area contributed by atoms with Crippen molar-refractivity contribution >= 4 is 5.69 Å². The summed E-state index contributed by atoms with van der Waals surface area (Å²) in [7, 11) is 0. The van der Waals surface area contributed by atoms with E-state index in [0.717, 1.165) is 12.1 Å². The summed E-state index contributed by atoms with van der Waals surface area (Å²) < 4.78 is 0. The molecule has 2 rings (SSSR count). The Labute approximate surface area is 107 Å². The predicted octanol–water partition coefficient (Wildman–Crippen LogP) is 3.75. The molecule has 0 heterocycles. The van der Waals surface area contributed by atoms with Crippen LogP contribution < -0.4 is 5.32 Å². The van der Waals surface area contributed by atoms with Crippen molar-refractivity contribution in [1.29, 1.82) is 5.26 Å². The lowest BCUT2D eigenvalue weighted by molar-refractivity contribution is 1.24. The molecule has 0 saturated carbocycles. The van der Waals surface area contributed by atoms with Gasteiger partial charge in [0.15, 0.2) is 0 Å². The van der Waals surface area contributed by atoms with Crippen LogP contribution in [0.3, 0.4) is 0 Å². The first-order valence-corrected chi connectivity index (χ1v) is 5.85. The number of para-hydroxylation sites is 1. The minimum absolute atomic E-state index is 0.574. The number of hydrogen-bond donors (Lipinski definition) is 1. The van der Waals surface area contributed by atoms with Gasteiger partial charge in [-0.1, -0.05) is 48.5 Å². The van der Waals surface area contributed by atoms with Gasteiger partial charge in [0, 0.05) is 5.69 Å². The molecule has 0 atom stereocenters.